The van der Waals surface area contributed by atoms with Crippen molar-refractivity contribution in [2.75, 3.05) is 26.9 Å². The van der Waals surface area contributed by atoms with E-state index in [1.54, 1.807) is 13.2 Å². The molecular weight excluding hydrogens is 261 g/mol. The van der Waals surface area contributed by atoms with Gasteiger partial charge in [-0.3, -0.25) is 0 Å². The van der Waals surface area contributed by atoms with Crippen LogP contribution < -0.4 is 5.73 Å². The minimum absolute atomic E-state index is 0.0946. The van der Waals surface area contributed by atoms with E-state index in [1.807, 2.05) is 12.1 Å². The van der Waals surface area contributed by atoms with Gasteiger partial charge >= 0.3 is 0 Å². The zero-order valence-electron chi connectivity index (χ0n) is 9.79. The maximum Gasteiger partial charge on any atom is 0.0701 e. The van der Waals surface area contributed by atoms with Crippen molar-refractivity contribution < 1.29 is 9.47 Å². The van der Waals surface area contributed by atoms with Crippen LogP contribution in [-0.4, -0.2) is 33.0 Å². The van der Waals surface area contributed by atoms with Crippen molar-refractivity contribution in [3.05, 3.63) is 33.8 Å². The summed E-state index contributed by atoms with van der Waals surface area (Å²) in [6.45, 7) is 1.60. The molecule has 0 aliphatic carbocycles. The van der Waals surface area contributed by atoms with E-state index in [0.717, 1.165) is 5.56 Å². The summed E-state index contributed by atoms with van der Waals surface area (Å²) in [7, 11) is 1.63. The highest BCUT2D eigenvalue weighted by atomic mass is 35.5. The Bertz CT molecular complexity index is 347. The van der Waals surface area contributed by atoms with Crippen molar-refractivity contribution in [1.29, 1.82) is 0 Å². The van der Waals surface area contributed by atoms with Crippen LogP contribution in [0.15, 0.2) is 18.2 Å². The zero-order valence-corrected chi connectivity index (χ0v) is 11.3. The van der Waals surface area contributed by atoms with Crippen molar-refractivity contribution in [2.45, 2.75) is 12.5 Å². The number of halogens is 2. The van der Waals surface area contributed by atoms with Gasteiger partial charge in [-0.25, -0.2) is 0 Å². The highest BCUT2D eigenvalue weighted by molar-refractivity contribution is 6.42. The van der Waals surface area contributed by atoms with Crippen molar-refractivity contribution in [3.8, 4) is 0 Å². The Hall–Kier alpha value is -0.320. The smallest absolute Gasteiger partial charge is 0.0701 e. The Labute approximate surface area is 112 Å². The first-order valence-electron chi connectivity index (χ1n) is 5.40. The van der Waals surface area contributed by atoms with Gasteiger partial charge in [-0.1, -0.05) is 35.3 Å². The first kappa shape index (κ1) is 14.7. The van der Waals surface area contributed by atoms with E-state index in [9.17, 15) is 0 Å². The lowest BCUT2D eigenvalue weighted by atomic mass is 10.1. The summed E-state index contributed by atoms with van der Waals surface area (Å²) in [6, 6.07) is 5.45. The summed E-state index contributed by atoms with van der Waals surface area (Å²) in [4.78, 5) is 0. The van der Waals surface area contributed by atoms with Gasteiger partial charge in [0.2, 0.25) is 0 Å². The number of ether oxygens (including phenoxy) is 2. The number of hydrogen-bond acceptors (Lipinski definition) is 3. The maximum atomic E-state index is 6.07. The number of rotatable bonds is 7. The molecule has 1 rings (SSSR count). The summed E-state index contributed by atoms with van der Waals surface area (Å²) in [5.74, 6) is 0. The molecule has 0 bridgehead atoms. The van der Waals surface area contributed by atoms with Gasteiger partial charge in [0.15, 0.2) is 0 Å². The molecule has 1 unspecified atom stereocenters. The fourth-order valence-corrected chi connectivity index (χ4v) is 1.82. The molecule has 17 heavy (non-hydrogen) atoms. The molecule has 0 radical (unpaired) electrons. The lowest BCUT2D eigenvalue weighted by molar-refractivity contribution is 0.0637. The molecule has 0 heterocycles. The van der Waals surface area contributed by atoms with Crippen LogP contribution in [0.4, 0.5) is 0 Å². The minimum atomic E-state index is -0.0946. The summed E-state index contributed by atoms with van der Waals surface area (Å²) >= 11 is 12.0. The van der Waals surface area contributed by atoms with E-state index in [2.05, 4.69) is 0 Å². The summed E-state index contributed by atoms with van der Waals surface area (Å²) in [6.07, 6.45) is 0.645. The van der Waals surface area contributed by atoms with Crippen molar-refractivity contribution in [1.82, 2.24) is 0 Å². The molecular formula is C12H17Cl2NO2. The molecule has 0 spiro atoms. The lowest BCUT2D eigenvalue weighted by Crippen LogP contribution is -2.29. The SMILES string of the molecule is COCCOCC(N)Cc1cccc(Cl)c1Cl. The van der Waals surface area contributed by atoms with Gasteiger partial charge in [-0.15, -0.1) is 0 Å². The second-order valence-corrected chi connectivity index (χ2v) is 4.53. The van der Waals surface area contributed by atoms with E-state index < -0.39 is 0 Å². The first-order valence-corrected chi connectivity index (χ1v) is 6.16. The maximum absolute atomic E-state index is 6.07. The molecule has 0 saturated carbocycles. The van der Waals surface area contributed by atoms with Crippen LogP contribution in [0.25, 0.3) is 0 Å². The Morgan fingerprint density at radius 2 is 2.06 bits per heavy atom. The Morgan fingerprint density at radius 1 is 1.29 bits per heavy atom. The first-order chi connectivity index (χ1) is 8.15. The molecule has 5 heteroatoms. The van der Waals surface area contributed by atoms with E-state index >= 15 is 0 Å². The highest BCUT2D eigenvalue weighted by Gasteiger charge is 2.09. The Morgan fingerprint density at radius 3 is 2.76 bits per heavy atom. The standard InChI is InChI=1S/C12H17Cl2NO2/c1-16-5-6-17-8-10(15)7-9-3-2-4-11(13)12(9)14/h2-4,10H,5-8,15H2,1H3. The van der Waals surface area contributed by atoms with Crippen LogP contribution in [0, 0.1) is 0 Å². The predicted octanol–water partition coefficient (Wildman–Crippen LogP) is 2.53. The summed E-state index contributed by atoms with van der Waals surface area (Å²) < 4.78 is 10.2. The molecule has 0 saturated heterocycles. The highest BCUT2D eigenvalue weighted by Crippen LogP contribution is 2.26. The van der Waals surface area contributed by atoms with E-state index in [4.69, 9.17) is 38.4 Å². The molecule has 1 aromatic rings. The minimum Gasteiger partial charge on any atom is -0.382 e. The molecule has 0 aliphatic heterocycles. The van der Waals surface area contributed by atoms with Gasteiger partial charge in [0.1, 0.15) is 0 Å². The van der Waals surface area contributed by atoms with Gasteiger partial charge in [-0.2, -0.15) is 0 Å². The van der Waals surface area contributed by atoms with Crippen molar-refractivity contribution >= 4 is 23.2 Å². The van der Waals surface area contributed by atoms with Crippen LogP contribution in [0.2, 0.25) is 10.0 Å². The largest absolute Gasteiger partial charge is 0.382 e. The molecule has 1 aromatic carbocycles. The predicted molar refractivity (Wildman–Crippen MR) is 70.8 cm³/mol. The van der Waals surface area contributed by atoms with Gasteiger partial charge < -0.3 is 15.2 Å². The second kappa shape index (κ2) is 7.90. The van der Waals surface area contributed by atoms with Crippen LogP contribution in [0.1, 0.15) is 5.56 Å². The van der Waals surface area contributed by atoms with Gasteiger partial charge in [0.05, 0.1) is 29.9 Å². The third kappa shape index (κ3) is 5.23. The van der Waals surface area contributed by atoms with Gasteiger partial charge in [-0.05, 0) is 18.1 Å². The third-order valence-corrected chi connectivity index (χ3v) is 3.14. The van der Waals surface area contributed by atoms with E-state index in [1.165, 1.54) is 0 Å². The monoisotopic (exact) mass is 277 g/mol. The zero-order chi connectivity index (χ0) is 12.7. The summed E-state index contributed by atoms with van der Waals surface area (Å²) in [5.41, 5.74) is 6.89. The molecule has 0 aliphatic rings. The van der Waals surface area contributed by atoms with E-state index in [0.29, 0.717) is 36.3 Å². The molecule has 0 amide bonds. The quantitative estimate of drug-likeness (QED) is 0.779. The topological polar surface area (TPSA) is 44.5 Å². The van der Waals surface area contributed by atoms with Crippen LogP contribution >= 0.6 is 23.2 Å². The van der Waals surface area contributed by atoms with Crippen LogP contribution in [-0.2, 0) is 15.9 Å². The second-order valence-electron chi connectivity index (χ2n) is 3.74. The Kier molecular flexibility index (Phi) is 6.85. The molecule has 1 atom stereocenters. The van der Waals surface area contributed by atoms with Gasteiger partial charge in [0.25, 0.3) is 0 Å². The number of methoxy groups -OCH3 is 1. The fraction of sp³-hybridized carbons (Fsp3) is 0.500. The summed E-state index contributed by atoms with van der Waals surface area (Å²) in [5, 5.41) is 1.12. The average Bonchev–Trinajstić information content (AvgIpc) is 2.31. The fourth-order valence-electron chi connectivity index (χ4n) is 1.42. The molecule has 96 valence electrons. The third-order valence-electron chi connectivity index (χ3n) is 2.28. The molecule has 2 N–H and O–H groups in total. The van der Waals surface area contributed by atoms with Gasteiger partial charge in [0, 0.05) is 13.2 Å². The van der Waals surface area contributed by atoms with Crippen LogP contribution in [0.3, 0.4) is 0 Å². The molecule has 0 aromatic heterocycles. The molecule has 3 nitrogen and oxygen atoms in total. The van der Waals surface area contributed by atoms with Crippen molar-refractivity contribution in [2.24, 2.45) is 5.73 Å². The Balaban J connectivity index is 2.39. The number of benzene rings is 1. The average molecular weight is 278 g/mol. The van der Waals surface area contributed by atoms with Crippen molar-refractivity contribution in [3.63, 3.8) is 0 Å². The van der Waals surface area contributed by atoms with Crippen LogP contribution in [0.5, 0.6) is 0 Å². The lowest BCUT2D eigenvalue weighted by Gasteiger charge is -2.13. The van der Waals surface area contributed by atoms with E-state index in [-0.39, 0.29) is 6.04 Å². The number of nitrogens with two attached hydrogens (primary N) is 1. The normalized spacial score (nSPS) is 12.7. The molecule has 0 fully saturated rings. The number of hydrogen-bond donors (Lipinski definition) is 1.